The number of benzene rings is 2. The molecule has 29 heavy (non-hydrogen) atoms. The van der Waals surface area contributed by atoms with Crippen LogP contribution in [0.4, 0.5) is 5.82 Å². The molecule has 2 heterocycles. The van der Waals surface area contributed by atoms with Gasteiger partial charge in [-0.2, -0.15) is 0 Å². The summed E-state index contributed by atoms with van der Waals surface area (Å²) in [7, 11) is 0. The molecule has 3 N–H and O–H groups in total. The van der Waals surface area contributed by atoms with Crippen molar-refractivity contribution in [1.29, 1.82) is 0 Å². The molecule has 0 aliphatic heterocycles. The third-order valence-electron chi connectivity index (χ3n) is 4.99. The Morgan fingerprint density at radius 1 is 1.17 bits per heavy atom. The molecule has 4 rings (SSSR count). The van der Waals surface area contributed by atoms with Gasteiger partial charge in [0.1, 0.15) is 22.6 Å². The molecule has 0 amide bonds. The first-order valence-electron chi connectivity index (χ1n) is 9.52. The van der Waals surface area contributed by atoms with Crippen LogP contribution in [0.1, 0.15) is 30.6 Å². The quantitative estimate of drug-likeness (QED) is 0.498. The van der Waals surface area contributed by atoms with Crippen molar-refractivity contribution in [2.75, 3.05) is 12.3 Å². The van der Waals surface area contributed by atoms with E-state index in [0.29, 0.717) is 34.5 Å². The van der Waals surface area contributed by atoms with E-state index in [4.69, 9.17) is 15.5 Å². The Morgan fingerprint density at radius 2 is 1.90 bits per heavy atom. The van der Waals surface area contributed by atoms with Crippen molar-refractivity contribution in [2.45, 2.75) is 20.3 Å². The SMILES string of the molecule is CC[C@H](C)COC(=O)c1c(N)n(-c2cccc(O)c2)c2nc3ccccc3nc12. The summed E-state index contributed by atoms with van der Waals surface area (Å²) in [5.74, 6) is -0.0313. The maximum Gasteiger partial charge on any atom is 0.344 e. The standard InChI is InChI=1S/C22H22N4O3/c1-3-13(2)12-29-22(28)18-19-21(25-17-10-5-4-9-16(17)24-19)26(20(18)23)14-7-6-8-15(27)11-14/h4-11,13,27H,3,12,23H2,1-2H3/t13-/m0/s1. The molecule has 7 nitrogen and oxygen atoms in total. The highest BCUT2D eigenvalue weighted by Gasteiger charge is 2.26. The molecule has 0 aliphatic carbocycles. The number of para-hydroxylation sites is 2. The summed E-state index contributed by atoms with van der Waals surface area (Å²) in [6, 6.07) is 14.0. The van der Waals surface area contributed by atoms with E-state index < -0.39 is 5.97 Å². The molecule has 0 unspecified atom stereocenters. The van der Waals surface area contributed by atoms with Crippen molar-refractivity contribution in [3.63, 3.8) is 0 Å². The number of phenolic OH excluding ortho intramolecular Hbond substituents is 1. The minimum atomic E-state index is -0.531. The van der Waals surface area contributed by atoms with Gasteiger partial charge in [0, 0.05) is 6.07 Å². The van der Waals surface area contributed by atoms with Gasteiger partial charge in [0.05, 0.1) is 23.3 Å². The normalized spacial score (nSPS) is 12.3. The zero-order valence-corrected chi connectivity index (χ0v) is 16.3. The van der Waals surface area contributed by atoms with Gasteiger partial charge in [-0.25, -0.2) is 14.8 Å². The summed E-state index contributed by atoms with van der Waals surface area (Å²) < 4.78 is 7.12. The largest absolute Gasteiger partial charge is 0.508 e. The van der Waals surface area contributed by atoms with Gasteiger partial charge in [0.25, 0.3) is 0 Å². The van der Waals surface area contributed by atoms with E-state index in [1.807, 2.05) is 38.1 Å². The van der Waals surface area contributed by atoms with Crippen LogP contribution in [0.15, 0.2) is 48.5 Å². The molecule has 2 aromatic heterocycles. The second-order valence-corrected chi connectivity index (χ2v) is 7.11. The highest BCUT2D eigenvalue weighted by Crippen LogP contribution is 2.32. The van der Waals surface area contributed by atoms with Crippen molar-refractivity contribution in [2.24, 2.45) is 5.92 Å². The van der Waals surface area contributed by atoms with E-state index in [1.54, 1.807) is 28.8 Å². The summed E-state index contributed by atoms with van der Waals surface area (Å²) in [4.78, 5) is 22.3. The molecular weight excluding hydrogens is 368 g/mol. The third-order valence-corrected chi connectivity index (χ3v) is 4.99. The predicted molar refractivity (Wildman–Crippen MR) is 112 cm³/mol. The highest BCUT2D eigenvalue weighted by molar-refractivity contribution is 6.09. The lowest BCUT2D eigenvalue weighted by molar-refractivity contribution is 0.0450. The summed E-state index contributed by atoms with van der Waals surface area (Å²) in [6.07, 6.45) is 0.901. The van der Waals surface area contributed by atoms with Crippen LogP contribution in [-0.2, 0) is 4.74 Å². The van der Waals surface area contributed by atoms with Crippen molar-refractivity contribution < 1.29 is 14.6 Å². The number of hydrogen-bond donors (Lipinski definition) is 2. The maximum absolute atomic E-state index is 12.9. The number of carbonyl (C=O) groups excluding carboxylic acids is 1. The fraction of sp³-hybridized carbons (Fsp3) is 0.227. The van der Waals surface area contributed by atoms with Crippen LogP contribution in [0.5, 0.6) is 5.75 Å². The van der Waals surface area contributed by atoms with Crippen LogP contribution in [0.25, 0.3) is 27.9 Å². The number of nitrogens with zero attached hydrogens (tertiary/aromatic N) is 3. The fourth-order valence-electron chi connectivity index (χ4n) is 3.16. The van der Waals surface area contributed by atoms with E-state index >= 15 is 0 Å². The molecule has 7 heteroatoms. The number of esters is 1. The van der Waals surface area contributed by atoms with E-state index in [2.05, 4.69) is 4.98 Å². The number of aromatic hydroxyl groups is 1. The van der Waals surface area contributed by atoms with Gasteiger partial charge in [-0.3, -0.25) is 4.57 Å². The lowest BCUT2D eigenvalue weighted by atomic mass is 10.1. The van der Waals surface area contributed by atoms with E-state index in [9.17, 15) is 9.90 Å². The number of anilines is 1. The smallest absolute Gasteiger partial charge is 0.344 e. The molecule has 0 spiro atoms. The molecular formula is C22H22N4O3. The zero-order valence-electron chi connectivity index (χ0n) is 16.3. The summed E-state index contributed by atoms with van der Waals surface area (Å²) in [6.45, 7) is 4.35. The number of ether oxygens (including phenoxy) is 1. The average Bonchev–Trinajstić information content (AvgIpc) is 3.00. The average molecular weight is 390 g/mol. The van der Waals surface area contributed by atoms with Crippen LogP contribution in [0, 0.1) is 5.92 Å². The number of carbonyl (C=O) groups is 1. The Morgan fingerprint density at radius 3 is 2.59 bits per heavy atom. The summed E-state index contributed by atoms with van der Waals surface area (Å²) in [5.41, 5.74) is 9.31. The lowest BCUT2D eigenvalue weighted by Gasteiger charge is -2.10. The Kier molecular flexibility index (Phi) is 4.80. The molecule has 4 aromatic rings. The predicted octanol–water partition coefficient (Wildman–Crippen LogP) is 4.06. The Bertz CT molecular complexity index is 1220. The fourth-order valence-corrected chi connectivity index (χ4v) is 3.16. The number of nitrogens with two attached hydrogens (primary N) is 1. The van der Waals surface area contributed by atoms with Crippen molar-refractivity contribution in [1.82, 2.24) is 14.5 Å². The Hall–Kier alpha value is -3.61. The Balaban J connectivity index is 1.96. The van der Waals surface area contributed by atoms with Gasteiger partial charge in [-0.1, -0.05) is 38.5 Å². The molecule has 148 valence electrons. The molecule has 0 radical (unpaired) electrons. The van der Waals surface area contributed by atoms with Gasteiger partial charge in [0.15, 0.2) is 5.65 Å². The van der Waals surface area contributed by atoms with Gasteiger partial charge < -0.3 is 15.6 Å². The first-order valence-corrected chi connectivity index (χ1v) is 9.52. The summed E-state index contributed by atoms with van der Waals surface area (Å²) in [5, 5.41) is 9.92. The molecule has 0 saturated heterocycles. The number of fused-ring (bicyclic) bond motifs is 2. The lowest BCUT2D eigenvalue weighted by Crippen LogP contribution is -2.13. The number of rotatable bonds is 5. The molecule has 0 fully saturated rings. The number of aromatic nitrogens is 3. The number of hydrogen-bond acceptors (Lipinski definition) is 6. The Labute approximate surface area is 167 Å². The molecule has 2 aromatic carbocycles. The molecule has 1 atom stereocenters. The second kappa shape index (κ2) is 7.43. The van der Waals surface area contributed by atoms with Crippen LogP contribution in [0.3, 0.4) is 0 Å². The molecule has 0 bridgehead atoms. The van der Waals surface area contributed by atoms with Crippen LogP contribution in [-0.4, -0.2) is 32.2 Å². The minimum absolute atomic E-state index is 0.0818. The first kappa shape index (κ1) is 18.7. The van der Waals surface area contributed by atoms with Crippen molar-refractivity contribution in [3.05, 3.63) is 54.1 Å². The van der Waals surface area contributed by atoms with Crippen molar-refractivity contribution >= 4 is 34.0 Å². The van der Waals surface area contributed by atoms with E-state index in [0.717, 1.165) is 6.42 Å². The topological polar surface area (TPSA) is 103 Å². The van der Waals surface area contributed by atoms with E-state index in [1.165, 1.54) is 0 Å². The number of phenols is 1. The maximum atomic E-state index is 12.9. The number of nitrogen functional groups attached to an aromatic ring is 1. The minimum Gasteiger partial charge on any atom is -0.508 e. The highest BCUT2D eigenvalue weighted by atomic mass is 16.5. The summed E-state index contributed by atoms with van der Waals surface area (Å²) >= 11 is 0. The third kappa shape index (κ3) is 3.35. The van der Waals surface area contributed by atoms with Crippen molar-refractivity contribution in [3.8, 4) is 11.4 Å². The van der Waals surface area contributed by atoms with Gasteiger partial charge >= 0.3 is 5.97 Å². The van der Waals surface area contributed by atoms with Crippen LogP contribution >= 0.6 is 0 Å². The van der Waals surface area contributed by atoms with Gasteiger partial charge in [0.2, 0.25) is 0 Å². The second-order valence-electron chi connectivity index (χ2n) is 7.11. The van der Waals surface area contributed by atoms with E-state index in [-0.39, 0.29) is 23.0 Å². The van der Waals surface area contributed by atoms with Crippen LogP contribution in [0.2, 0.25) is 0 Å². The van der Waals surface area contributed by atoms with Gasteiger partial charge in [-0.15, -0.1) is 0 Å². The van der Waals surface area contributed by atoms with Gasteiger partial charge in [-0.05, 0) is 30.2 Å². The molecule has 0 saturated carbocycles. The first-order chi connectivity index (χ1) is 14.0. The monoisotopic (exact) mass is 390 g/mol. The zero-order chi connectivity index (χ0) is 20.5. The molecule has 0 aliphatic rings. The van der Waals surface area contributed by atoms with Crippen LogP contribution < -0.4 is 5.73 Å².